The van der Waals surface area contributed by atoms with Gasteiger partial charge in [-0.2, -0.15) is 11.6 Å². The Kier molecular flexibility index (Phi) is 7.10. The van der Waals surface area contributed by atoms with E-state index in [-0.39, 0.29) is 26.2 Å². The summed E-state index contributed by atoms with van der Waals surface area (Å²) in [7, 11) is 0. The molecule has 0 aromatic heterocycles. The molecular formula is C14H18Zr. The summed E-state index contributed by atoms with van der Waals surface area (Å²) in [6.07, 6.45) is 13.8. The van der Waals surface area contributed by atoms with E-state index in [1.807, 2.05) is 6.08 Å². The van der Waals surface area contributed by atoms with Gasteiger partial charge in [0.15, 0.2) is 0 Å². The summed E-state index contributed by atoms with van der Waals surface area (Å²) in [6, 6.07) is 0. The van der Waals surface area contributed by atoms with Crippen LogP contribution >= 0.6 is 0 Å². The van der Waals surface area contributed by atoms with Gasteiger partial charge in [-0.05, 0) is 0 Å². The second-order valence-corrected chi connectivity index (χ2v) is 4.04. The molecule has 1 unspecified atom stereocenters. The Balaban J connectivity index is 0.000000245. The Morgan fingerprint density at radius 1 is 1.27 bits per heavy atom. The maximum atomic E-state index is 3.19. The maximum Gasteiger partial charge on any atom is 2.00 e. The van der Waals surface area contributed by atoms with Crippen LogP contribution in [0.25, 0.3) is 0 Å². The first-order valence-electron chi connectivity index (χ1n) is 5.10. The molecule has 2 aliphatic rings. The van der Waals surface area contributed by atoms with Crippen LogP contribution in [0.1, 0.15) is 34.1 Å². The van der Waals surface area contributed by atoms with Crippen molar-refractivity contribution in [1.82, 2.24) is 0 Å². The molecule has 0 radical (unpaired) electrons. The molecule has 0 amide bonds. The van der Waals surface area contributed by atoms with Crippen LogP contribution in [-0.4, -0.2) is 0 Å². The molecule has 78 valence electrons. The third-order valence-electron chi connectivity index (χ3n) is 2.20. The van der Waals surface area contributed by atoms with E-state index >= 15 is 0 Å². The van der Waals surface area contributed by atoms with E-state index < -0.39 is 0 Å². The van der Waals surface area contributed by atoms with Crippen molar-refractivity contribution < 1.29 is 26.2 Å². The number of hydrogen-bond donors (Lipinski definition) is 0. The molecule has 0 aliphatic heterocycles. The van der Waals surface area contributed by atoms with E-state index in [0.29, 0.717) is 5.92 Å². The predicted molar refractivity (Wildman–Crippen MR) is 61.5 cm³/mol. The Bertz CT molecular complexity index is 316. The smallest absolute Gasteiger partial charge is 0.270 e. The van der Waals surface area contributed by atoms with Gasteiger partial charge in [-0.1, -0.05) is 26.7 Å². The van der Waals surface area contributed by atoms with Crippen molar-refractivity contribution in [2.24, 2.45) is 5.92 Å². The Morgan fingerprint density at radius 3 is 2.07 bits per heavy atom. The van der Waals surface area contributed by atoms with Gasteiger partial charge in [0.1, 0.15) is 0 Å². The fourth-order valence-corrected chi connectivity index (χ4v) is 1.50. The average molecular weight is 278 g/mol. The average Bonchev–Trinajstić information content (AvgIpc) is 2.63. The molecule has 2 aliphatic carbocycles. The maximum absolute atomic E-state index is 3.19. The van der Waals surface area contributed by atoms with Crippen LogP contribution < -0.4 is 0 Å². The number of allylic oxidation sites excluding steroid dienone is 8. The molecule has 15 heavy (non-hydrogen) atoms. The third-order valence-corrected chi connectivity index (χ3v) is 2.20. The van der Waals surface area contributed by atoms with E-state index in [2.05, 4.69) is 52.0 Å². The minimum absolute atomic E-state index is 0. The second-order valence-electron chi connectivity index (χ2n) is 4.04. The Morgan fingerprint density at radius 2 is 1.93 bits per heavy atom. The monoisotopic (exact) mass is 276 g/mol. The van der Waals surface area contributed by atoms with Crippen molar-refractivity contribution >= 4 is 0 Å². The molecule has 0 spiro atoms. The summed E-state index contributed by atoms with van der Waals surface area (Å²) in [4.78, 5) is 0. The van der Waals surface area contributed by atoms with Gasteiger partial charge in [-0.3, -0.25) is 12.2 Å². The Labute approximate surface area is 113 Å². The van der Waals surface area contributed by atoms with Gasteiger partial charge in [0.05, 0.1) is 0 Å². The van der Waals surface area contributed by atoms with Gasteiger partial charge in [0.25, 0.3) is 0 Å². The molecular weight excluding hydrogens is 259 g/mol. The normalized spacial score (nSPS) is 22.1. The zero-order valence-corrected chi connectivity index (χ0v) is 12.5. The van der Waals surface area contributed by atoms with E-state index in [4.69, 9.17) is 0 Å². The van der Waals surface area contributed by atoms with Crippen LogP contribution in [0.3, 0.4) is 0 Å². The van der Waals surface area contributed by atoms with Crippen LogP contribution in [0.15, 0.2) is 34.9 Å². The second kappa shape index (κ2) is 7.17. The van der Waals surface area contributed by atoms with Crippen molar-refractivity contribution in [2.45, 2.75) is 34.1 Å². The van der Waals surface area contributed by atoms with Gasteiger partial charge in [0.2, 0.25) is 0 Å². The van der Waals surface area contributed by atoms with Crippen LogP contribution in [0.4, 0.5) is 0 Å². The summed E-state index contributed by atoms with van der Waals surface area (Å²) in [5.74, 6) is 0.556. The zero-order chi connectivity index (χ0) is 10.6. The van der Waals surface area contributed by atoms with Gasteiger partial charge in [-0.15, -0.1) is 13.3 Å². The largest absolute Gasteiger partial charge is 2.00 e. The van der Waals surface area contributed by atoms with E-state index in [1.165, 1.54) is 16.7 Å². The Hall–Kier alpha value is -0.157. The molecule has 0 N–H and O–H groups in total. The summed E-state index contributed by atoms with van der Waals surface area (Å²) >= 11 is 0. The van der Waals surface area contributed by atoms with Crippen LogP contribution in [0, 0.1) is 18.1 Å². The summed E-state index contributed by atoms with van der Waals surface area (Å²) in [5.41, 5.74) is 4.06. The number of rotatable bonds is 0. The van der Waals surface area contributed by atoms with E-state index in [9.17, 15) is 0 Å². The first-order chi connectivity index (χ1) is 6.58. The van der Waals surface area contributed by atoms with Crippen molar-refractivity contribution in [2.75, 3.05) is 0 Å². The first-order valence-corrected chi connectivity index (χ1v) is 5.10. The quantitative estimate of drug-likeness (QED) is 0.587. The van der Waals surface area contributed by atoms with Crippen LogP contribution in [0.2, 0.25) is 0 Å². The predicted octanol–water partition coefficient (Wildman–Crippen LogP) is 4.03. The molecule has 0 saturated carbocycles. The topological polar surface area (TPSA) is 0 Å². The van der Waals surface area contributed by atoms with Crippen molar-refractivity contribution in [3.63, 3.8) is 0 Å². The molecule has 0 fully saturated rings. The van der Waals surface area contributed by atoms with Crippen molar-refractivity contribution in [1.29, 1.82) is 0 Å². The molecule has 0 aromatic rings. The van der Waals surface area contributed by atoms with Crippen LogP contribution in [-0.2, 0) is 26.2 Å². The number of hydrogen-bond acceptors (Lipinski definition) is 0. The molecule has 0 bridgehead atoms. The van der Waals surface area contributed by atoms with Gasteiger partial charge >= 0.3 is 26.2 Å². The van der Waals surface area contributed by atoms with Crippen molar-refractivity contribution in [3.8, 4) is 0 Å². The third kappa shape index (κ3) is 6.10. The zero-order valence-electron chi connectivity index (χ0n) is 10.0. The fourth-order valence-electron chi connectivity index (χ4n) is 1.50. The minimum atomic E-state index is 0. The standard InChI is InChI=1S/2C7H9.Zr/c2*1-6-3-4-7(2)5-6;/h5H,3H2,1-2H3;3,5,7H,1-2H3;/q2*-1;+2. The summed E-state index contributed by atoms with van der Waals surface area (Å²) < 4.78 is 0. The van der Waals surface area contributed by atoms with Gasteiger partial charge in [-0.25, -0.2) is 23.3 Å². The first kappa shape index (κ1) is 14.8. The summed E-state index contributed by atoms with van der Waals surface area (Å²) in [6.45, 7) is 8.43. The molecule has 1 atom stereocenters. The fraction of sp³-hybridized carbons (Fsp3) is 0.429. The molecule has 0 aromatic carbocycles. The molecule has 1 heteroatoms. The summed E-state index contributed by atoms with van der Waals surface area (Å²) in [5, 5.41) is 0. The molecule has 2 rings (SSSR count). The van der Waals surface area contributed by atoms with E-state index in [0.717, 1.165) is 6.42 Å². The molecule has 0 heterocycles. The molecule has 0 saturated heterocycles. The van der Waals surface area contributed by atoms with Crippen LogP contribution in [0.5, 0.6) is 0 Å². The van der Waals surface area contributed by atoms with Gasteiger partial charge < -0.3 is 0 Å². The minimum Gasteiger partial charge on any atom is -0.270 e. The van der Waals surface area contributed by atoms with Gasteiger partial charge in [0, 0.05) is 0 Å². The SMILES string of the molecule is CC1=CC(C)[C-]=C1.CC1=[C-]CC(C)=C1.[Zr+2]. The van der Waals surface area contributed by atoms with Crippen molar-refractivity contribution in [3.05, 3.63) is 47.1 Å². The molecule has 0 nitrogen and oxygen atoms in total. The van der Waals surface area contributed by atoms with E-state index in [1.54, 1.807) is 0 Å².